The first-order valence-corrected chi connectivity index (χ1v) is 9.26. The molecule has 0 aromatic heterocycles. The molecule has 1 spiro atoms. The quantitative estimate of drug-likeness (QED) is 0.775. The van der Waals surface area contributed by atoms with Gasteiger partial charge in [0, 0.05) is 6.54 Å². The van der Waals surface area contributed by atoms with Crippen LogP contribution < -0.4 is 15.2 Å². The summed E-state index contributed by atoms with van der Waals surface area (Å²) in [5, 5.41) is 7.76. The minimum absolute atomic E-state index is 0.100. The van der Waals surface area contributed by atoms with E-state index in [1.54, 1.807) is 0 Å². The number of alkyl carbamates (subject to hydrolysis) is 1. The number of likely N-dealkylation sites (tertiary alicyclic amines) is 1. The molecule has 10 heteroatoms. The number of nitrogens with two attached hydrogens (primary N) is 1. The molecule has 0 aliphatic carbocycles. The Balaban J connectivity index is 1.91. The third kappa shape index (κ3) is 3.40. The molecule has 9 nitrogen and oxygen atoms in total. The second-order valence-electron chi connectivity index (χ2n) is 6.16. The molecule has 2 saturated heterocycles. The highest BCUT2D eigenvalue weighted by Gasteiger charge is 2.45. The van der Waals surface area contributed by atoms with Crippen molar-refractivity contribution in [2.24, 2.45) is 5.14 Å². The van der Waals surface area contributed by atoms with Crippen LogP contribution in [-0.4, -0.2) is 57.7 Å². The zero-order chi connectivity index (χ0) is 18.2. The van der Waals surface area contributed by atoms with Crippen molar-refractivity contribution in [2.45, 2.75) is 23.3 Å². The molecular weight excluding hydrogens is 350 g/mol. The normalized spacial score (nSPS) is 23.3. The number of carbonyl (C=O) groups excluding carboxylic acids is 2. The van der Waals surface area contributed by atoms with Crippen LogP contribution in [0.5, 0.6) is 5.75 Å². The van der Waals surface area contributed by atoms with E-state index in [0.29, 0.717) is 25.9 Å². The van der Waals surface area contributed by atoms with Crippen molar-refractivity contribution < 1.29 is 27.5 Å². The third-order valence-electron chi connectivity index (χ3n) is 4.42. The van der Waals surface area contributed by atoms with E-state index < -0.39 is 27.6 Å². The predicted octanol–water partition coefficient (Wildman–Crippen LogP) is 0.0572. The highest BCUT2D eigenvalue weighted by molar-refractivity contribution is 7.89. The SMILES string of the molecule is COc1ccc(S(N)(=O)=O)cc1C(=O)N1CCC[C@@]2(CNC(=O)O2)C1. The van der Waals surface area contributed by atoms with Crippen LogP contribution in [-0.2, 0) is 14.8 Å². The van der Waals surface area contributed by atoms with E-state index in [9.17, 15) is 18.0 Å². The zero-order valence-electron chi connectivity index (χ0n) is 13.6. The van der Waals surface area contributed by atoms with Crippen LogP contribution in [0.4, 0.5) is 4.79 Å². The van der Waals surface area contributed by atoms with Crippen molar-refractivity contribution in [3.8, 4) is 5.75 Å². The molecular formula is C15H19N3O6S. The smallest absolute Gasteiger partial charge is 0.407 e. The Morgan fingerprint density at radius 1 is 1.44 bits per heavy atom. The number of piperidine rings is 1. The molecule has 136 valence electrons. The Hall–Kier alpha value is -2.33. The Kier molecular flexibility index (Phi) is 4.33. The number of sulfonamides is 1. The van der Waals surface area contributed by atoms with E-state index in [1.165, 1.54) is 30.2 Å². The number of ether oxygens (including phenoxy) is 2. The molecule has 1 aromatic rings. The molecule has 3 N–H and O–H groups in total. The molecule has 25 heavy (non-hydrogen) atoms. The first-order valence-electron chi connectivity index (χ1n) is 7.71. The van der Waals surface area contributed by atoms with Crippen LogP contribution in [0.25, 0.3) is 0 Å². The van der Waals surface area contributed by atoms with Gasteiger partial charge in [-0.3, -0.25) is 4.79 Å². The number of nitrogens with zero attached hydrogens (tertiary/aromatic N) is 1. The van der Waals surface area contributed by atoms with E-state index >= 15 is 0 Å². The Morgan fingerprint density at radius 2 is 2.20 bits per heavy atom. The molecule has 1 aromatic carbocycles. The van der Waals surface area contributed by atoms with Crippen LogP contribution in [0.15, 0.2) is 23.1 Å². The lowest BCUT2D eigenvalue weighted by molar-refractivity contribution is -0.00515. The van der Waals surface area contributed by atoms with Crippen molar-refractivity contribution in [1.82, 2.24) is 10.2 Å². The van der Waals surface area contributed by atoms with Gasteiger partial charge >= 0.3 is 6.09 Å². The molecule has 2 fully saturated rings. The Morgan fingerprint density at radius 3 is 2.80 bits per heavy atom. The predicted molar refractivity (Wildman–Crippen MR) is 86.7 cm³/mol. The molecule has 2 heterocycles. The summed E-state index contributed by atoms with van der Waals surface area (Å²) in [5.74, 6) is -0.150. The van der Waals surface area contributed by atoms with E-state index in [-0.39, 0.29) is 22.8 Å². The summed E-state index contributed by atoms with van der Waals surface area (Å²) < 4.78 is 33.7. The lowest BCUT2D eigenvalue weighted by Gasteiger charge is -2.38. The van der Waals surface area contributed by atoms with Gasteiger partial charge in [-0.05, 0) is 31.0 Å². The third-order valence-corrected chi connectivity index (χ3v) is 5.33. The van der Waals surface area contributed by atoms with Crippen molar-refractivity contribution in [3.63, 3.8) is 0 Å². The minimum atomic E-state index is -3.95. The highest BCUT2D eigenvalue weighted by Crippen LogP contribution is 2.31. The number of carbonyl (C=O) groups is 2. The minimum Gasteiger partial charge on any atom is -0.496 e. The van der Waals surface area contributed by atoms with E-state index in [1.807, 2.05) is 0 Å². The Labute approximate surface area is 145 Å². The Bertz CT molecular complexity index is 825. The fourth-order valence-corrected chi connectivity index (χ4v) is 3.74. The van der Waals surface area contributed by atoms with Gasteiger partial charge in [-0.1, -0.05) is 0 Å². The number of primary sulfonamides is 1. The fraction of sp³-hybridized carbons (Fsp3) is 0.467. The fourth-order valence-electron chi connectivity index (χ4n) is 3.20. The molecule has 2 aliphatic rings. The zero-order valence-corrected chi connectivity index (χ0v) is 14.5. The van der Waals surface area contributed by atoms with Crippen LogP contribution in [0.2, 0.25) is 0 Å². The number of rotatable bonds is 3. The maximum Gasteiger partial charge on any atom is 0.407 e. The van der Waals surface area contributed by atoms with Gasteiger partial charge in [-0.2, -0.15) is 0 Å². The monoisotopic (exact) mass is 369 g/mol. The number of hydrogen-bond donors (Lipinski definition) is 2. The van der Waals surface area contributed by atoms with Gasteiger partial charge in [-0.25, -0.2) is 18.4 Å². The van der Waals surface area contributed by atoms with Crippen LogP contribution in [0.3, 0.4) is 0 Å². The van der Waals surface area contributed by atoms with Gasteiger partial charge in [0.1, 0.15) is 11.4 Å². The van der Waals surface area contributed by atoms with Gasteiger partial charge in [0.25, 0.3) is 5.91 Å². The molecule has 0 saturated carbocycles. The van der Waals surface area contributed by atoms with E-state index in [2.05, 4.69) is 5.32 Å². The standard InChI is InChI=1S/C15H19N3O6S/c1-23-12-4-3-10(25(16,21)22)7-11(12)13(19)18-6-2-5-15(9-18)8-17-14(20)24-15/h3-4,7H,2,5-6,8-9H2,1H3,(H,17,20)(H2,16,21,22)/t15-/m1/s1. The summed E-state index contributed by atoms with van der Waals surface area (Å²) in [7, 11) is -2.56. The summed E-state index contributed by atoms with van der Waals surface area (Å²) in [6.45, 7) is 1.04. The van der Waals surface area contributed by atoms with Gasteiger partial charge in [0.15, 0.2) is 0 Å². The van der Waals surface area contributed by atoms with Crippen molar-refractivity contribution in [3.05, 3.63) is 23.8 Å². The van der Waals surface area contributed by atoms with E-state index in [0.717, 1.165) is 0 Å². The first kappa shape index (κ1) is 17.5. The average Bonchev–Trinajstić information content (AvgIpc) is 2.92. The molecule has 0 bridgehead atoms. The molecule has 0 radical (unpaired) electrons. The lowest BCUT2D eigenvalue weighted by atomic mass is 9.92. The summed E-state index contributed by atoms with van der Waals surface area (Å²) >= 11 is 0. The maximum absolute atomic E-state index is 12.9. The summed E-state index contributed by atoms with van der Waals surface area (Å²) in [6, 6.07) is 3.88. The number of methoxy groups -OCH3 is 1. The van der Waals surface area contributed by atoms with Gasteiger partial charge in [0.05, 0.1) is 30.7 Å². The number of amides is 2. The van der Waals surface area contributed by atoms with Gasteiger partial charge < -0.3 is 19.7 Å². The summed E-state index contributed by atoms with van der Waals surface area (Å²) in [6.07, 6.45) is 0.824. The highest BCUT2D eigenvalue weighted by atomic mass is 32.2. The largest absolute Gasteiger partial charge is 0.496 e. The van der Waals surface area contributed by atoms with Crippen molar-refractivity contribution in [2.75, 3.05) is 26.7 Å². The second-order valence-corrected chi connectivity index (χ2v) is 7.72. The first-order chi connectivity index (χ1) is 11.7. The maximum atomic E-state index is 12.9. The molecule has 0 unspecified atom stereocenters. The number of hydrogen-bond acceptors (Lipinski definition) is 6. The van der Waals surface area contributed by atoms with Gasteiger partial charge in [0.2, 0.25) is 10.0 Å². The van der Waals surface area contributed by atoms with Crippen molar-refractivity contribution in [1.29, 1.82) is 0 Å². The molecule has 2 aliphatic heterocycles. The van der Waals surface area contributed by atoms with Crippen LogP contribution in [0.1, 0.15) is 23.2 Å². The van der Waals surface area contributed by atoms with Crippen molar-refractivity contribution >= 4 is 22.0 Å². The molecule has 1 atom stereocenters. The lowest BCUT2D eigenvalue weighted by Crippen LogP contribution is -2.52. The van der Waals surface area contributed by atoms with Gasteiger partial charge in [-0.15, -0.1) is 0 Å². The molecule has 3 rings (SSSR count). The van der Waals surface area contributed by atoms with E-state index in [4.69, 9.17) is 14.6 Å². The number of nitrogens with one attached hydrogen (secondary N) is 1. The van der Waals surface area contributed by atoms with Crippen LogP contribution in [0, 0.1) is 0 Å². The van der Waals surface area contributed by atoms with Crippen LogP contribution >= 0.6 is 0 Å². The topological polar surface area (TPSA) is 128 Å². The summed E-state index contributed by atoms with van der Waals surface area (Å²) in [5.41, 5.74) is -0.640. The average molecular weight is 369 g/mol. The number of benzene rings is 1. The molecule has 2 amide bonds. The second kappa shape index (κ2) is 6.19. The summed E-state index contributed by atoms with van der Waals surface area (Å²) in [4.78, 5) is 25.7.